The number of ether oxygens (including phenoxy) is 13. The lowest BCUT2D eigenvalue weighted by Crippen LogP contribution is -2.69. The Balaban J connectivity index is 1.01. The number of aliphatic hydroxyl groups is 17. The van der Waals surface area contributed by atoms with Gasteiger partial charge in [-0.1, -0.05) is 18.2 Å². The molecule has 80 heavy (non-hydrogen) atoms. The van der Waals surface area contributed by atoms with Crippen LogP contribution in [0, 0.1) is 0 Å². The Kier molecular flexibility index (Phi) is 20.5. The van der Waals surface area contributed by atoms with Crippen LogP contribution >= 0.6 is 0 Å². The van der Waals surface area contributed by atoms with E-state index in [0.717, 1.165) is 0 Å². The van der Waals surface area contributed by atoms with Gasteiger partial charge >= 0.3 is 0 Å². The van der Waals surface area contributed by atoms with Gasteiger partial charge in [0.1, 0.15) is 159 Å². The second-order valence-electron chi connectivity index (χ2n) is 20.0. The largest absolute Gasteiger partial charge is 0.491 e. The molecule has 12 bridgehead atoms. The van der Waals surface area contributed by atoms with Crippen molar-refractivity contribution in [2.45, 2.75) is 184 Å². The van der Waals surface area contributed by atoms with Crippen molar-refractivity contribution in [2.75, 3.05) is 39.6 Å². The molecule has 17 N–H and O–H groups in total. The molecule has 450 valence electrons. The molecule has 22 heterocycles. The Morgan fingerprint density at radius 1 is 0.287 bits per heavy atom. The number of hydrogen-bond acceptors (Lipinski definition) is 32. The van der Waals surface area contributed by atoms with Crippen molar-refractivity contribution in [3.63, 3.8) is 0 Å². The highest BCUT2D eigenvalue weighted by Gasteiger charge is 2.59. The fourth-order valence-electron chi connectivity index (χ4n) is 10.3. The predicted molar refractivity (Wildman–Crippen MR) is 251 cm³/mol. The lowest BCUT2D eigenvalue weighted by molar-refractivity contribution is -0.403. The Morgan fingerprint density at radius 3 is 0.787 bits per heavy atom. The molecule has 0 saturated carbocycles. The molecule has 0 radical (unpaired) electrons. The molecular weight excluding hydrogens is 1080 g/mol. The Bertz CT molecular complexity index is 2260. The molecule has 22 aliphatic rings. The van der Waals surface area contributed by atoms with E-state index in [2.05, 4.69) is 10.2 Å². The van der Waals surface area contributed by atoms with Gasteiger partial charge in [-0.3, -0.25) is 0 Å². The highest BCUT2D eigenvalue weighted by molar-refractivity contribution is 5.42. The third-order valence-electron chi connectivity index (χ3n) is 14.8. The van der Waals surface area contributed by atoms with Gasteiger partial charge in [-0.15, -0.1) is 0 Å². The van der Waals surface area contributed by atoms with Crippen molar-refractivity contribution < 1.29 is 148 Å². The minimum absolute atomic E-state index is 0.181. The van der Waals surface area contributed by atoms with Crippen LogP contribution < -0.4 is 4.74 Å². The number of rotatable bonds is 10. The third-order valence-corrected chi connectivity index (χ3v) is 14.8. The maximum atomic E-state index is 11.8. The van der Waals surface area contributed by atoms with Crippen molar-refractivity contribution in [1.82, 2.24) is 0 Å². The Morgan fingerprint density at radius 2 is 0.525 bits per heavy atom. The fourth-order valence-corrected chi connectivity index (χ4v) is 10.3. The summed E-state index contributed by atoms with van der Waals surface area (Å²) in [5.74, 6) is 0.181. The summed E-state index contributed by atoms with van der Waals surface area (Å²) < 4.78 is 75.8. The second kappa shape index (κ2) is 26.7. The molecule has 2 aromatic rings. The van der Waals surface area contributed by atoms with E-state index in [1.54, 1.807) is 36.4 Å². The number of azo groups is 1. The predicted octanol–water partition coefficient (Wildman–Crippen LogP) is -8.55. The number of aliphatic hydroxyl groups excluding tert-OH is 17. The van der Waals surface area contributed by atoms with Gasteiger partial charge in [0, 0.05) is 0 Å². The first-order chi connectivity index (χ1) is 38.4. The van der Waals surface area contributed by atoms with Crippen molar-refractivity contribution >= 4 is 11.4 Å². The molecule has 32 heteroatoms. The molecule has 0 aromatic heterocycles. The minimum atomic E-state index is -2.17. The Labute approximate surface area is 453 Å². The van der Waals surface area contributed by atoms with Crippen LogP contribution in [0.15, 0.2) is 64.8 Å². The molecule has 22 aliphatic heterocycles. The normalized spacial score (nSPS) is 47.7. The summed E-state index contributed by atoms with van der Waals surface area (Å²) in [5.41, 5.74) is 1.00. The SMILES string of the molecule is OC[C@H]1O[C@@H]2O[C@H]3[C@H](O)[C@@H](O)[C@@H](O[C@H]4[C@H](O)[C@@H](O)[C@@H](O[C@H]5[C@H](O)[C@@H](O)[C@@H](O[C@H]6[C@H](O)[C@@H](O)[C@@H](O[C@H]7[C@H](O)[C@@H](O)[C@@H](O[C@H]1[C@H](O)[C@H]2O)O[C@@H]7CO)O[C@@H]6CO)O[C@@H]5COc1ccc(N=Nc2ccccc2)cc1)O[C@@H]4CO)O[C@@H]3CO. The topological polar surface area (TPSA) is 489 Å². The molecule has 30 atom stereocenters. The molecule has 32 nitrogen and oxygen atoms in total. The van der Waals surface area contributed by atoms with Crippen LogP contribution in [0.3, 0.4) is 0 Å². The summed E-state index contributed by atoms with van der Waals surface area (Å²) in [4.78, 5) is 0. The quantitative estimate of drug-likeness (QED) is 0.0983. The maximum Gasteiger partial charge on any atom is 0.187 e. The smallest absolute Gasteiger partial charge is 0.187 e. The highest BCUT2D eigenvalue weighted by Crippen LogP contribution is 2.38. The van der Waals surface area contributed by atoms with E-state index in [4.69, 9.17) is 61.6 Å². The second-order valence-corrected chi connectivity index (χ2v) is 20.0. The van der Waals surface area contributed by atoms with E-state index in [0.29, 0.717) is 11.4 Å². The summed E-state index contributed by atoms with van der Waals surface area (Å²) in [7, 11) is 0. The molecule has 0 unspecified atom stereocenters. The van der Waals surface area contributed by atoms with Crippen molar-refractivity contribution in [2.24, 2.45) is 10.2 Å². The standard InChI is InChI=1S/C48H68N2O30/c51-10-19-37-25(56)31(62)43(69-19)76-38-20(11-52)71-45(33(64)27(38)58)78-40-22(13-54)73-47(35(66)29(40)60)80-42-24(15-68-18-8-6-17(7-9-18)50-49-16-4-2-1-3-5-16)74-48(36(67)30(42)61)79-41-23(14-55)72-46(34(65)28(41)59)77-39-21(12-53)70-44(75-37)32(63)26(39)57/h1-9,19-48,51-67H,10-15H2/t19-,20-,21-,22-,23-,24-,25-,26-,27-,28-,29-,30-,31-,32-,33-,34-,35-,36-,37-,38-,39-,40-,41-,42-,43-,44-,45-,46-,47-,48-/m1/s1. The molecule has 0 spiro atoms. The average molecular weight is 1150 g/mol. The lowest BCUT2D eigenvalue weighted by Gasteiger charge is -2.50. The lowest BCUT2D eigenvalue weighted by atomic mass is 9.94. The van der Waals surface area contributed by atoms with Crippen molar-refractivity contribution in [3.8, 4) is 5.75 Å². The van der Waals surface area contributed by atoms with Crippen LogP contribution in [0.25, 0.3) is 0 Å². The van der Waals surface area contributed by atoms with E-state index in [1.807, 2.05) is 6.07 Å². The summed E-state index contributed by atoms with van der Waals surface area (Å²) >= 11 is 0. The number of benzene rings is 2. The van der Waals surface area contributed by atoms with Gasteiger partial charge in [-0.25, -0.2) is 0 Å². The maximum absolute atomic E-state index is 11.8. The number of nitrogens with zero attached hydrogens (tertiary/aromatic N) is 2. The van der Waals surface area contributed by atoms with E-state index in [1.165, 1.54) is 12.1 Å². The van der Waals surface area contributed by atoms with Gasteiger partial charge in [-0.2, -0.15) is 10.2 Å². The number of hydrogen-bond donors (Lipinski definition) is 17. The van der Waals surface area contributed by atoms with E-state index < -0.39 is 224 Å². The van der Waals surface area contributed by atoms with Gasteiger partial charge in [0.15, 0.2) is 37.7 Å². The van der Waals surface area contributed by atoms with E-state index in [-0.39, 0.29) is 5.75 Å². The van der Waals surface area contributed by atoms with E-state index in [9.17, 15) is 86.8 Å². The highest BCUT2D eigenvalue weighted by atomic mass is 16.8. The molecule has 0 aliphatic carbocycles. The monoisotopic (exact) mass is 1150 g/mol. The summed E-state index contributed by atoms with van der Waals surface area (Å²) in [5, 5.41) is 198. The molecule has 24 rings (SSSR count). The Hall–Kier alpha value is -3.32. The van der Waals surface area contributed by atoms with Gasteiger partial charge in [-0.05, 0) is 36.4 Å². The molecular formula is C48H68N2O30. The zero-order valence-corrected chi connectivity index (χ0v) is 42.1. The van der Waals surface area contributed by atoms with Crippen LogP contribution in [-0.4, -0.2) is 311 Å². The molecule has 0 amide bonds. The van der Waals surface area contributed by atoms with Gasteiger partial charge in [0.05, 0.1) is 44.4 Å². The van der Waals surface area contributed by atoms with Gasteiger partial charge in [0.2, 0.25) is 0 Å². The summed E-state index contributed by atoms with van der Waals surface area (Å²) in [6.45, 7) is -5.62. The zero-order valence-electron chi connectivity index (χ0n) is 42.1. The van der Waals surface area contributed by atoms with Crippen molar-refractivity contribution in [3.05, 3.63) is 54.6 Å². The van der Waals surface area contributed by atoms with Crippen LogP contribution in [0.2, 0.25) is 0 Å². The molecule has 2 aromatic carbocycles. The summed E-state index contributed by atoms with van der Waals surface area (Å²) in [6.07, 6.45) is -58.9. The first-order valence-electron chi connectivity index (χ1n) is 25.7. The van der Waals surface area contributed by atoms with Gasteiger partial charge in [0.25, 0.3) is 0 Å². The first-order valence-corrected chi connectivity index (χ1v) is 25.7. The van der Waals surface area contributed by atoms with Crippen molar-refractivity contribution in [1.29, 1.82) is 0 Å². The first kappa shape index (κ1) is 61.2. The van der Waals surface area contributed by atoms with E-state index >= 15 is 0 Å². The van der Waals surface area contributed by atoms with Crippen LogP contribution in [0.4, 0.5) is 11.4 Å². The average Bonchev–Trinajstić information content (AvgIpc) is 3.50. The fraction of sp³-hybridized carbons (Fsp3) is 0.750. The van der Waals surface area contributed by atoms with Gasteiger partial charge < -0.3 is 148 Å². The third kappa shape index (κ3) is 12.7. The van der Waals surface area contributed by atoms with Crippen LogP contribution in [0.5, 0.6) is 5.75 Å². The molecule has 22 fully saturated rings. The zero-order chi connectivity index (χ0) is 57.3. The van der Waals surface area contributed by atoms with Crippen LogP contribution in [-0.2, 0) is 56.8 Å². The minimum Gasteiger partial charge on any atom is -0.491 e. The van der Waals surface area contributed by atoms with Crippen LogP contribution in [0.1, 0.15) is 0 Å². The molecule has 22 saturated heterocycles. The summed E-state index contributed by atoms with van der Waals surface area (Å²) in [6, 6.07) is 15.0.